The number of fused-ring (bicyclic) bond motifs is 1. The molecule has 0 radical (unpaired) electrons. The molecule has 1 N–H and O–H groups in total. The van der Waals surface area contributed by atoms with Crippen molar-refractivity contribution >= 4 is 17.0 Å². The Labute approximate surface area is 104 Å². The number of nitro groups is 1. The predicted molar refractivity (Wildman–Crippen MR) is 61.0 cm³/mol. The topological polar surface area (TPSA) is 68.2 Å². The molecule has 1 aromatic carbocycles. The SMILES string of the molecule is O=[N+]([O-])/C=C/c1c[nH]c2cc(OC(F)(F)F)ccc12. The van der Waals surface area contributed by atoms with Crippen LogP contribution in [0.3, 0.4) is 0 Å². The molecule has 0 bridgehead atoms. The van der Waals surface area contributed by atoms with Crippen LogP contribution in [0.4, 0.5) is 13.2 Å². The van der Waals surface area contributed by atoms with Gasteiger partial charge in [-0.25, -0.2) is 0 Å². The Morgan fingerprint density at radius 1 is 1.37 bits per heavy atom. The monoisotopic (exact) mass is 272 g/mol. The third-order valence-corrected chi connectivity index (χ3v) is 2.29. The Bertz CT molecular complexity index is 646. The van der Waals surface area contributed by atoms with Crippen LogP contribution < -0.4 is 4.74 Å². The van der Waals surface area contributed by atoms with Crippen molar-refractivity contribution < 1.29 is 22.8 Å². The van der Waals surface area contributed by atoms with Gasteiger partial charge in [-0.1, -0.05) is 0 Å². The second kappa shape index (κ2) is 4.63. The Morgan fingerprint density at radius 2 is 2.11 bits per heavy atom. The van der Waals surface area contributed by atoms with Gasteiger partial charge >= 0.3 is 6.36 Å². The summed E-state index contributed by atoms with van der Waals surface area (Å²) in [4.78, 5) is 12.3. The first-order valence-electron chi connectivity index (χ1n) is 5.04. The minimum absolute atomic E-state index is 0.355. The van der Waals surface area contributed by atoms with Crippen molar-refractivity contribution in [3.8, 4) is 5.75 Å². The van der Waals surface area contributed by atoms with Crippen LogP contribution in [0.15, 0.2) is 30.6 Å². The first-order valence-corrected chi connectivity index (χ1v) is 5.04. The number of aromatic nitrogens is 1. The van der Waals surface area contributed by atoms with E-state index in [9.17, 15) is 23.3 Å². The average Bonchev–Trinajstić information content (AvgIpc) is 2.66. The number of aromatic amines is 1. The molecule has 100 valence electrons. The number of benzene rings is 1. The fraction of sp³-hybridized carbons (Fsp3) is 0.0909. The lowest BCUT2D eigenvalue weighted by molar-refractivity contribution is -0.400. The average molecular weight is 272 g/mol. The third kappa shape index (κ3) is 3.24. The van der Waals surface area contributed by atoms with E-state index in [1.807, 2.05) is 0 Å². The van der Waals surface area contributed by atoms with Crippen molar-refractivity contribution in [2.45, 2.75) is 6.36 Å². The molecular weight excluding hydrogens is 265 g/mol. The maximum Gasteiger partial charge on any atom is 0.573 e. The summed E-state index contributed by atoms with van der Waals surface area (Å²) in [5.74, 6) is -0.355. The van der Waals surface area contributed by atoms with Crippen LogP contribution in [0.2, 0.25) is 0 Å². The van der Waals surface area contributed by atoms with E-state index in [-0.39, 0.29) is 5.75 Å². The largest absolute Gasteiger partial charge is 0.573 e. The number of nitrogens with zero attached hydrogens (tertiary/aromatic N) is 1. The summed E-state index contributed by atoms with van der Waals surface area (Å²) in [6, 6.07) is 3.71. The number of rotatable bonds is 3. The van der Waals surface area contributed by atoms with Crippen LogP contribution >= 0.6 is 0 Å². The van der Waals surface area contributed by atoms with Gasteiger partial charge in [-0.15, -0.1) is 13.2 Å². The Balaban J connectivity index is 2.34. The zero-order valence-corrected chi connectivity index (χ0v) is 9.27. The van der Waals surface area contributed by atoms with Crippen LogP contribution in [0.25, 0.3) is 17.0 Å². The minimum atomic E-state index is -4.76. The van der Waals surface area contributed by atoms with Gasteiger partial charge in [0.25, 0.3) is 0 Å². The van der Waals surface area contributed by atoms with Crippen LogP contribution in [-0.4, -0.2) is 16.3 Å². The maximum atomic E-state index is 12.0. The van der Waals surface area contributed by atoms with Crippen molar-refractivity contribution in [2.24, 2.45) is 0 Å². The van der Waals surface area contributed by atoms with Crippen molar-refractivity contribution in [2.75, 3.05) is 0 Å². The number of H-pyrrole nitrogens is 1. The highest BCUT2D eigenvalue weighted by Gasteiger charge is 2.31. The van der Waals surface area contributed by atoms with Gasteiger partial charge in [-0.3, -0.25) is 10.1 Å². The zero-order chi connectivity index (χ0) is 14.0. The van der Waals surface area contributed by atoms with Crippen molar-refractivity contribution in [3.05, 3.63) is 46.3 Å². The van der Waals surface area contributed by atoms with Crippen molar-refractivity contribution in [3.63, 3.8) is 0 Å². The van der Waals surface area contributed by atoms with Gasteiger partial charge in [0.2, 0.25) is 6.20 Å². The molecular formula is C11H7F3N2O3. The fourth-order valence-corrected chi connectivity index (χ4v) is 1.60. The molecule has 0 fully saturated rings. The van der Waals surface area contributed by atoms with Crippen LogP contribution in [0.1, 0.15) is 5.56 Å². The molecule has 2 aromatic rings. The summed E-state index contributed by atoms with van der Waals surface area (Å²) in [5, 5.41) is 10.8. The summed E-state index contributed by atoms with van der Waals surface area (Å²) in [7, 11) is 0. The van der Waals surface area contributed by atoms with E-state index < -0.39 is 11.3 Å². The molecule has 5 nitrogen and oxygen atoms in total. The van der Waals surface area contributed by atoms with Crippen LogP contribution in [0, 0.1) is 10.1 Å². The third-order valence-electron chi connectivity index (χ3n) is 2.29. The molecule has 0 spiro atoms. The molecule has 0 aliphatic carbocycles. The first kappa shape index (κ1) is 12.9. The minimum Gasteiger partial charge on any atom is -0.406 e. The van der Waals surface area contributed by atoms with E-state index in [0.717, 1.165) is 12.3 Å². The second-order valence-electron chi connectivity index (χ2n) is 3.60. The Hall–Kier alpha value is -2.51. The van der Waals surface area contributed by atoms with Gasteiger partial charge in [0, 0.05) is 34.8 Å². The van der Waals surface area contributed by atoms with Crippen molar-refractivity contribution in [1.29, 1.82) is 0 Å². The number of halogens is 3. The summed E-state index contributed by atoms with van der Waals surface area (Å²) in [5.41, 5.74) is 0.898. The van der Waals surface area contributed by atoms with Crippen LogP contribution in [-0.2, 0) is 0 Å². The molecule has 1 heterocycles. The molecule has 19 heavy (non-hydrogen) atoms. The first-order chi connectivity index (χ1) is 8.85. The lowest BCUT2D eigenvalue weighted by Gasteiger charge is -2.08. The highest BCUT2D eigenvalue weighted by atomic mass is 19.4. The van der Waals surface area contributed by atoms with E-state index in [1.165, 1.54) is 24.4 Å². The van der Waals surface area contributed by atoms with Crippen molar-refractivity contribution in [1.82, 2.24) is 4.98 Å². The molecule has 0 saturated heterocycles. The highest BCUT2D eigenvalue weighted by molar-refractivity contribution is 5.89. The number of hydrogen-bond acceptors (Lipinski definition) is 3. The van der Waals surface area contributed by atoms with Gasteiger partial charge in [0.1, 0.15) is 5.75 Å². The molecule has 0 unspecified atom stereocenters. The van der Waals surface area contributed by atoms with E-state index in [4.69, 9.17) is 0 Å². The molecule has 2 rings (SSSR count). The Kier molecular flexibility index (Phi) is 3.16. The van der Waals surface area contributed by atoms with E-state index in [2.05, 4.69) is 9.72 Å². The molecule has 0 saturated carbocycles. The zero-order valence-electron chi connectivity index (χ0n) is 9.27. The second-order valence-corrected chi connectivity index (χ2v) is 3.60. The number of nitrogens with one attached hydrogen (secondary N) is 1. The van der Waals surface area contributed by atoms with Gasteiger partial charge in [0.05, 0.1) is 4.92 Å². The quantitative estimate of drug-likeness (QED) is 0.688. The van der Waals surface area contributed by atoms with E-state index in [1.54, 1.807) is 0 Å². The summed E-state index contributed by atoms with van der Waals surface area (Å²) in [6.07, 6.45) is -1.29. The van der Waals surface area contributed by atoms with Gasteiger partial charge in [0.15, 0.2) is 0 Å². The number of alkyl halides is 3. The number of hydrogen-bond donors (Lipinski definition) is 1. The molecule has 0 amide bonds. The predicted octanol–water partition coefficient (Wildman–Crippen LogP) is 3.31. The normalized spacial score (nSPS) is 12.2. The fourth-order valence-electron chi connectivity index (χ4n) is 1.60. The standard InChI is InChI=1S/C11H7F3N2O3/c12-11(13,14)19-8-1-2-9-7(3-4-16(17)18)6-15-10(9)5-8/h1-6,15H/b4-3+. The lowest BCUT2D eigenvalue weighted by Crippen LogP contribution is -2.16. The summed E-state index contributed by atoms with van der Waals surface area (Å²) < 4.78 is 39.9. The van der Waals surface area contributed by atoms with Gasteiger partial charge < -0.3 is 9.72 Å². The van der Waals surface area contributed by atoms with E-state index >= 15 is 0 Å². The Morgan fingerprint density at radius 3 is 2.74 bits per heavy atom. The maximum absolute atomic E-state index is 12.0. The molecule has 0 atom stereocenters. The highest BCUT2D eigenvalue weighted by Crippen LogP contribution is 2.28. The smallest absolute Gasteiger partial charge is 0.406 e. The summed E-state index contributed by atoms with van der Waals surface area (Å²) in [6.45, 7) is 0. The van der Waals surface area contributed by atoms with Gasteiger partial charge in [-0.05, 0) is 12.1 Å². The van der Waals surface area contributed by atoms with Gasteiger partial charge in [-0.2, -0.15) is 0 Å². The van der Waals surface area contributed by atoms with E-state index in [0.29, 0.717) is 16.5 Å². The molecule has 8 heteroatoms. The number of ether oxygens (including phenoxy) is 1. The van der Waals surface area contributed by atoms with Crippen LogP contribution in [0.5, 0.6) is 5.75 Å². The lowest BCUT2D eigenvalue weighted by atomic mass is 10.1. The molecule has 0 aliphatic rings. The summed E-state index contributed by atoms with van der Waals surface area (Å²) >= 11 is 0. The molecule has 1 aromatic heterocycles. The molecule has 0 aliphatic heterocycles.